The van der Waals surface area contributed by atoms with E-state index in [9.17, 15) is 43.5 Å². The number of methoxy groups -OCH3 is 2. The highest BCUT2D eigenvalue weighted by atomic mass is 32.1. The summed E-state index contributed by atoms with van der Waals surface area (Å²) in [4.78, 5) is 123. The molecule has 0 spiro atoms. The summed E-state index contributed by atoms with van der Waals surface area (Å²) in [6.45, 7) is 14.7. The maximum atomic E-state index is 14.8. The maximum absolute atomic E-state index is 14.8. The molecule has 1 aromatic heterocycles. The monoisotopic (exact) mass is 1140 g/mol. The number of likely N-dealkylation sites (tertiary alicyclic amines) is 1. The van der Waals surface area contributed by atoms with E-state index >= 15 is 0 Å². The van der Waals surface area contributed by atoms with E-state index in [4.69, 9.17) is 20.1 Å². The number of hydrogen-bond acceptors (Lipinski definition) is 15. The lowest BCUT2D eigenvalue weighted by Gasteiger charge is -2.41. The van der Waals surface area contributed by atoms with E-state index in [1.165, 1.54) is 4.90 Å². The van der Waals surface area contributed by atoms with Gasteiger partial charge in [0.1, 0.15) is 5.78 Å². The standard InChI is InChI=1S/C60H96N6O13S/c1-12-41(6)57(51(76-10)38-54(72)66-30-19-23-47(66)58(77-11)42(7)49(68)36-44(59-62-29-34-80-59)35-43-21-15-13-16-22-43)65(9)60(75)45(39(2)3)37-50(69)56(40(4)5)64(8)53(71)26-18-14-17-25-52(70)63-46(27-28-55(73)74)48(67)24-20-31-78-32-33-79-61/h13,15-16,21-22,29,34,39-42,44-47,51,56-58H,12,14,17-20,23-28,30-33,35-38,61H2,1-11H3,(H,63,70)(H,73,74)/t41-,42-,44+,45-,46-,47-,51+,56-,57-,58+/m0/s1. The predicted octanol–water partition coefficient (Wildman–Crippen LogP) is 7.62. The van der Waals surface area contributed by atoms with Gasteiger partial charge in [-0.25, -0.2) is 10.9 Å². The number of Topliss-reactive ketones (excluding diaryl/α,β-unsaturated/α-hetero) is 3. The smallest absolute Gasteiger partial charge is 0.303 e. The Bertz CT molecular complexity index is 2220. The van der Waals surface area contributed by atoms with E-state index in [0.29, 0.717) is 51.5 Å². The highest BCUT2D eigenvalue weighted by molar-refractivity contribution is 7.09. The number of carboxylic acid groups (broad SMARTS) is 1. The highest BCUT2D eigenvalue weighted by Crippen LogP contribution is 2.34. The molecule has 1 aromatic carbocycles. The van der Waals surface area contributed by atoms with Gasteiger partial charge < -0.3 is 44.2 Å². The summed E-state index contributed by atoms with van der Waals surface area (Å²) in [5.74, 6) is 0.469. The molecule has 0 bridgehead atoms. The van der Waals surface area contributed by atoms with Gasteiger partial charge in [0.15, 0.2) is 11.6 Å². The number of amides is 4. The zero-order chi connectivity index (χ0) is 59.5. The number of aromatic nitrogens is 1. The lowest BCUT2D eigenvalue weighted by molar-refractivity contribution is -0.149. The van der Waals surface area contributed by atoms with Gasteiger partial charge in [-0.1, -0.05) is 91.6 Å². The third kappa shape index (κ3) is 22.1. The Morgan fingerprint density at radius 3 is 2.11 bits per heavy atom. The van der Waals surface area contributed by atoms with Crippen molar-refractivity contribution in [3.8, 4) is 0 Å². The molecular weight excluding hydrogens is 1040 g/mol. The van der Waals surface area contributed by atoms with Gasteiger partial charge >= 0.3 is 5.97 Å². The van der Waals surface area contributed by atoms with Crippen LogP contribution in [0.4, 0.5) is 0 Å². The number of rotatable bonds is 41. The zero-order valence-electron chi connectivity index (χ0n) is 49.7. The third-order valence-corrected chi connectivity index (χ3v) is 16.9. The number of thiazole rings is 1. The lowest BCUT2D eigenvalue weighted by Crippen LogP contribution is -2.54. The molecule has 1 fully saturated rings. The number of nitrogens with two attached hydrogens (primary N) is 1. The van der Waals surface area contributed by atoms with Crippen molar-refractivity contribution in [2.45, 2.75) is 193 Å². The summed E-state index contributed by atoms with van der Waals surface area (Å²) in [5, 5.41) is 14.7. The average Bonchev–Trinajstić information content (AvgIpc) is 4.16. The molecule has 1 aliphatic heterocycles. The van der Waals surface area contributed by atoms with Gasteiger partial charge in [-0.3, -0.25) is 38.4 Å². The molecular formula is C60H96N6O13S. The Morgan fingerprint density at radius 1 is 0.812 bits per heavy atom. The Morgan fingerprint density at radius 2 is 1.51 bits per heavy atom. The van der Waals surface area contributed by atoms with Crippen LogP contribution in [0.5, 0.6) is 0 Å². The van der Waals surface area contributed by atoms with E-state index in [1.54, 1.807) is 50.7 Å². The Balaban J connectivity index is 1.65. The van der Waals surface area contributed by atoms with Gasteiger partial charge in [0.05, 0.1) is 61.0 Å². The summed E-state index contributed by atoms with van der Waals surface area (Å²) >= 11 is 1.54. The van der Waals surface area contributed by atoms with Crippen molar-refractivity contribution in [3.05, 3.63) is 52.5 Å². The number of nitrogens with zero attached hydrogens (tertiary/aromatic N) is 4. The van der Waals surface area contributed by atoms with Crippen molar-refractivity contribution >= 4 is 58.3 Å². The number of carboxylic acids is 1. The van der Waals surface area contributed by atoms with Crippen LogP contribution < -0.4 is 11.2 Å². The topological polar surface area (TPSA) is 254 Å². The number of nitrogens with one attached hydrogen (secondary N) is 1. The number of ketones is 3. The SMILES string of the molecule is CC[C@H](C)[C@@H]([C@@H](CC(=O)N1CCC[C@H]1[C@H](OC)[C@@H](C)C(=O)C[C@@H](Cc1ccccc1)c1nccs1)OC)N(C)C(=O)[C@@H](CC(=O)[C@H](C(C)C)N(C)C(=O)CCCCCC(=O)N[C@@H](CCC(=O)O)C(=O)CCCOCCON)C(C)C. The molecule has 4 amide bonds. The van der Waals surface area contributed by atoms with Crippen LogP contribution in [-0.2, 0) is 63.8 Å². The number of hydrogen-bond donors (Lipinski definition) is 3. The fourth-order valence-electron chi connectivity index (χ4n) is 11.2. The summed E-state index contributed by atoms with van der Waals surface area (Å²) in [6.07, 6.45) is 5.25. The third-order valence-electron chi connectivity index (χ3n) is 16.0. The first-order valence-electron chi connectivity index (χ1n) is 28.9. The van der Waals surface area contributed by atoms with Crippen molar-refractivity contribution < 1.29 is 62.5 Å². The zero-order valence-corrected chi connectivity index (χ0v) is 50.5. The summed E-state index contributed by atoms with van der Waals surface area (Å²) < 4.78 is 17.6. The van der Waals surface area contributed by atoms with E-state index in [1.807, 2.05) is 76.9 Å². The second-order valence-electron chi connectivity index (χ2n) is 22.4. The molecule has 1 saturated heterocycles. The normalized spacial score (nSPS) is 17.0. The first-order chi connectivity index (χ1) is 38.1. The second kappa shape index (κ2) is 36.5. The molecule has 19 nitrogen and oxygen atoms in total. The van der Waals surface area contributed by atoms with Crippen LogP contribution in [0, 0.1) is 29.6 Å². The molecule has 80 heavy (non-hydrogen) atoms. The van der Waals surface area contributed by atoms with Crippen LogP contribution in [0.2, 0.25) is 0 Å². The van der Waals surface area contributed by atoms with Crippen molar-refractivity contribution in [2.24, 2.45) is 35.5 Å². The predicted molar refractivity (Wildman–Crippen MR) is 307 cm³/mol. The molecule has 4 N–H and O–H groups in total. The summed E-state index contributed by atoms with van der Waals surface area (Å²) in [6, 6.07) is 7.47. The van der Waals surface area contributed by atoms with Gasteiger partial charge in [-0.05, 0) is 68.3 Å². The number of likely N-dealkylation sites (N-methyl/N-ethyl adjacent to an activating group) is 2. The molecule has 3 rings (SSSR count). The van der Waals surface area contributed by atoms with E-state index in [0.717, 1.165) is 17.0 Å². The number of benzene rings is 1. The van der Waals surface area contributed by atoms with Crippen LogP contribution >= 0.6 is 11.3 Å². The largest absolute Gasteiger partial charge is 0.481 e. The molecule has 2 aromatic rings. The quantitative estimate of drug-likeness (QED) is 0.0428. The van der Waals surface area contributed by atoms with Gasteiger partial charge in [0.2, 0.25) is 23.6 Å². The maximum Gasteiger partial charge on any atom is 0.303 e. The Labute approximate surface area is 480 Å². The van der Waals surface area contributed by atoms with Crippen LogP contribution in [0.25, 0.3) is 0 Å². The van der Waals surface area contributed by atoms with Crippen LogP contribution in [0.15, 0.2) is 41.9 Å². The van der Waals surface area contributed by atoms with E-state index < -0.39 is 48.1 Å². The number of unbranched alkanes of at least 4 members (excludes halogenated alkanes) is 2. The number of ether oxygens (including phenoxy) is 3. The Kier molecular flexibility index (Phi) is 31.6. The van der Waals surface area contributed by atoms with Crippen molar-refractivity contribution in [1.29, 1.82) is 0 Å². The average molecular weight is 1140 g/mol. The number of aliphatic carboxylic acids is 1. The fraction of sp³-hybridized carbons (Fsp3) is 0.717. The van der Waals surface area contributed by atoms with Gasteiger partial charge in [-0.15, -0.1) is 11.3 Å². The van der Waals surface area contributed by atoms with Gasteiger partial charge in [0.25, 0.3) is 0 Å². The van der Waals surface area contributed by atoms with Crippen LogP contribution in [0.1, 0.15) is 161 Å². The molecule has 0 radical (unpaired) electrons. The summed E-state index contributed by atoms with van der Waals surface area (Å²) in [5.41, 5.74) is 1.13. The second-order valence-corrected chi connectivity index (χ2v) is 23.3. The minimum Gasteiger partial charge on any atom is -0.481 e. The van der Waals surface area contributed by atoms with Crippen molar-refractivity contribution in [2.75, 3.05) is 54.7 Å². The summed E-state index contributed by atoms with van der Waals surface area (Å²) in [7, 11) is 6.48. The van der Waals surface area contributed by atoms with Gasteiger partial charge in [-0.2, -0.15) is 0 Å². The molecule has 10 atom stereocenters. The Hall–Kier alpha value is -4.99. The van der Waals surface area contributed by atoms with Crippen LogP contribution in [0.3, 0.4) is 0 Å². The first kappa shape index (κ1) is 69.3. The van der Waals surface area contributed by atoms with Crippen molar-refractivity contribution in [1.82, 2.24) is 25.0 Å². The van der Waals surface area contributed by atoms with Crippen molar-refractivity contribution in [3.63, 3.8) is 0 Å². The lowest BCUT2D eigenvalue weighted by atomic mass is 9.83. The molecule has 20 heteroatoms. The van der Waals surface area contributed by atoms with Gasteiger partial charge in [0, 0.05) is 109 Å². The molecule has 2 heterocycles. The minimum absolute atomic E-state index is 0.0109. The number of carbonyl (C=O) groups is 8. The van der Waals surface area contributed by atoms with E-state index in [-0.39, 0.29) is 142 Å². The molecule has 0 aliphatic carbocycles. The molecule has 0 unspecified atom stereocenters. The first-order valence-corrected chi connectivity index (χ1v) is 29.8. The highest BCUT2D eigenvalue weighted by Gasteiger charge is 2.44. The molecule has 450 valence electrons. The molecule has 0 saturated carbocycles. The molecule has 1 aliphatic rings. The van der Waals surface area contributed by atoms with Crippen LogP contribution in [-0.4, -0.2) is 163 Å². The minimum atomic E-state index is -1.08. The number of carbonyl (C=O) groups excluding carboxylic acids is 7. The fourth-order valence-corrected chi connectivity index (χ4v) is 12.0. The van der Waals surface area contributed by atoms with E-state index in [2.05, 4.69) is 27.3 Å².